The average molecular weight is 453 g/mol. The zero-order chi connectivity index (χ0) is 21.6. The molecule has 0 radical (unpaired) electrons. The Morgan fingerprint density at radius 2 is 1.87 bits per heavy atom. The van der Waals surface area contributed by atoms with Gasteiger partial charge in [-0.05, 0) is 48.4 Å². The van der Waals surface area contributed by atoms with Crippen LogP contribution in [-0.2, 0) is 21.4 Å². The molecule has 3 N–H and O–H groups in total. The first-order chi connectivity index (χ1) is 14.4. The third-order valence-corrected chi connectivity index (χ3v) is 6.51. The third kappa shape index (κ3) is 5.62. The van der Waals surface area contributed by atoms with Crippen molar-refractivity contribution in [3.8, 4) is 0 Å². The van der Waals surface area contributed by atoms with Crippen LogP contribution in [0.5, 0.6) is 0 Å². The largest absolute Gasteiger partial charge is 0.326 e. The van der Waals surface area contributed by atoms with Crippen molar-refractivity contribution in [3.63, 3.8) is 0 Å². The molecule has 0 aliphatic carbocycles. The molecule has 0 spiro atoms. The molecule has 1 amide bonds. The number of nitrogens with zero attached hydrogens (tertiary/aromatic N) is 2. The molecule has 10 heteroatoms. The Morgan fingerprint density at radius 1 is 1.17 bits per heavy atom. The highest BCUT2D eigenvalue weighted by atomic mass is 32.2. The summed E-state index contributed by atoms with van der Waals surface area (Å²) >= 11 is 1.21. The number of hydrogen-bond donors (Lipinski definition) is 2. The number of anilines is 2. The van der Waals surface area contributed by atoms with Gasteiger partial charge in [-0.15, -0.1) is 11.3 Å². The summed E-state index contributed by atoms with van der Waals surface area (Å²) in [5, 5.41) is 2.02. The maximum absolute atomic E-state index is 12.2. The van der Waals surface area contributed by atoms with Crippen molar-refractivity contribution in [2.75, 3.05) is 16.2 Å². The first-order valence-electron chi connectivity index (χ1n) is 9.16. The van der Waals surface area contributed by atoms with Crippen LogP contribution in [0.25, 0.3) is 0 Å². The molecule has 1 aliphatic rings. The Morgan fingerprint density at radius 3 is 2.40 bits per heavy atom. The first-order valence-corrected chi connectivity index (χ1v) is 11.5. The van der Waals surface area contributed by atoms with Crippen molar-refractivity contribution < 1.29 is 20.5 Å². The highest BCUT2D eigenvalue weighted by Gasteiger charge is 2.22. The Bertz CT molecular complexity index is 1080. The van der Waals surface area contributed by atoms with Crippen LogP contribution in [0.1, 0.15) is 21.3 Å². The number of nitrogens with two attached hydrogens (primary N) is 1. The minimum Gasteiger partial charge on any atom is -0.326 e. The molecule has 162 valence electrons. The van der Waals surface area contributed by atoms with Gasteiger partial charge in [-0.25, -0.2) is 17.8 Å². The number of carbonyl (C=O) groups excluding carboxylic acids is 1. The van der Waals surface area contributed by atoms with Crippen LogP contribution >= 0.6 is 11.3 Å². The fourth-order valence-electron chi connectivity index (χ4n) is 2.79. The van der Waals surface area contributed by atoms with Crippen LogP contribution in [-0.4, -0.2) is 25.9 Å². The molecule has 0 atom stereocenters. The topological polar surface area (TPSA) is 105 Å². The van der Waals surface area contributed by atoms with E-state index in [1.54, 1.807) is 34.5 Å². The van der Waals surface area contributed by atoms with Gasteiger partial charge in [0.1, 0.15) is 5.82 Å². The lowest BCUT2D eigenvalue weighted by Gasteiger charge is -2.16. The number of nitrogens with one attached hydrogen (secondary N) is 1. The zero-order valence-corrected chi connectivity index (χ0v) is 17.6. The SMILES string of the molecule is NCc1ccc(F)cc1.O=C1CCCN1c1ccc(S(=O)(=O)Nc2nccs2)cc1.[HH].[HH]. The molecule has 0 bridgehead atoms. The summed E-state index contributed by atoms with van der Waals surface area (Å²) in [6.07, 6.45) is 2.92. The van der Waals surface area contributed by atoms with Gasteiger partial charge in [0, 0.05) is 39.6 Å². The number of carbonyl (C=O) groups is 1. The quantitative estimate of drug-likeness (QED) is 0.612. The van der Waals surface area contributed by atoms with Gasteiger partial charge in [-0.1, -0.05) is 12.1 Å². The van der Waals surface area contributed by atoms with Crippen LogP contribution < -0.4 is 15.4 Å². The van der Waals surface area contributed by atoms with E-state index < -0.39 is 10.0 Å². The van der Waals surface area contributed by atoms with Crippen LogP contribution in [0, 0.1) is 5.82 Å². The second kappa shape index (κ2) is 9.79. The van der Waals surface area contributed by atoms with Crippen molar-refractivity contribution in [1.82, 2.24) is 4.98 Å². The lowest BCUT2D eigenvalue weighted by atomic mass is 10.2. The van der Waals surface area contributed by atoms with Crippen LogP contribution in [0.3, 0.4) is 0 Å². The molecule has 0 unspecified atom stereocenters. The number of halogens is 1. The molecule has 1 aliphatic heterocycles. The molecule has 2 heterocycles. The van der Waals surface area contributed by atoms with E-state index in [0.29, 0.717) is 24.6 Å². The van der Waals surface area contributed by atoms with Crippen molar-refractivity contribution in [2.24, 2.45) is 5.73 Å². The van der Waals surface area contributed by atoms with Gasteiger partial charge in [0.15, 0.2) is 5.13 Å². The smallest absolute Gasteiger partial charge is 0.263 e. The Hall–Kier alpha value is -2.82. The van der Waals surface area contributed by atoms with E-state index in [1.807, 2.05) is 0 Å². The summed E-state index contributed by atoms with van der Waals surface area (Å²) in [5.74, 6) is -0.140. The number of aromatic nitrogens is 1. The molecule has 1 saturated heterocycles. The second-order valence-electron chi connectivity index (χ2n) is 6.42. The molecule has 1 fully saturated rings. The Kier molecular flexibility index (Phi) is 7.14. The van der Waals surface area contributed by atoms with Gasteiger partial charge in [-0.2, -0.15) is 0 Å². The lowest BCUT2D eigenvalue weighted by molar-refractivity contribution is -0.117. The molecule has 1 aromatic heterocycles. The first kappa shape index (κ1) is 21.9. The number of rotatable bonds is 5. The molecular formula is C20H25FN4O3S2. The summed E-state index contributed by atoms with van der Waals surface area (Å²) in [5.41, 5.74) is 6.96. The van der Waals surface area contributed by atoms with Crippen LogP contribution in [0.4, 0.5) is 15.2 Å². The van der Waals surface area contributed by atoms with Gasteiger partial charge in [0.05, 0.1) is 4.90 Å². The van der Waals surface area contributed by atoms with Gasteiger partial charge in [0.2, 0.25) is 5.91 Å². The van der Waals surface area contributed by atoms with Crippen LogP contribution in [0.2, 0.25) is 0 Å². The Balaban J connectivity index is 0.000000397. The standard InChI is InChI=1S/C13H13N3O3S2.C7H8FN.2H2/c17-12-2-1-8-16(12)10-3-5-11(6-4-10)21(18,19)15-13-14-7-9-20-13;8-7-3-1-6(5-9)2-4-7;;/h3-7,9H,1-2,8H2,(H,14,15);1-4H,5,9H2;2*1H. The minimum atomic E-state index is -3.64. The molecule has 7 nitrogen and oxygen atoms in total. The van der Waals surface area contributed by atoms with E-state index in [1.165, 1.54) is 41.8 Å². The van der Waals surface area contributed by atoms with Crippen molar-refractivity contribution >= 4 is 38.1 Å². The number of hydrogen-bond acceptors (Lipinski definition) is 6. The fourth-order valence-corrected chi connectivity index (χ4v) is 4.58. The van der Waals surface area contributed by atoms with Crippen molar-refractivity contribution in [1.29, 1.82) is 0 Å². The van der Waals surface area contributed by atoms with E-state index in [-0.39, 0.29) is 19.5 Å². The normalized spacial score (nSPS) is 13.7. The fraction of sp³-hybridized carbons (Fsp3) is 0.200. The monoisotopic (exact) mass is 452 g/mol. The summed E-state index contributed by atoms with van der Waals surface area (Å²) in [6.45, 7) is 1.16. The predicted molar refractivity (Wildman–Crippen MR) is 119 cm³/mol. The highest BCUT2D eigenvalue weighted by Crippen LogP contribution is 2.24. The molecule has 30 heavy (non-hydrogen) atoms. The van der Waals surface area contributed by atoms with E-state index in [9.17, 15) is 17.6 Å². The van der Waals surface area contributed by atoms with Gasteiger partial charge >= 0.3 is 0 Å². The maximum atomic E-state index is 12.2. The van der Waals surface area contributed by atoms with E-state index in [2.05, 4.69) is 9.71 Å². The second-order valence-corrected chi connectivity index (χ2v) is 8.99. The molecule has 3 aromatic rings. The molecule has 2 aromatic carbocycles. The van der Waals surface area contributed by atoms with E-state index in [4.69, 9.17) is 5.73 Å². The number of amides is 1. The predicted octanol–water partition coefficient (Wildman–Crippen LogP) is 3.85. The summed E-state index contributed by atoms with van der Waals surface area (Å²) in [4.78, 5) is 17.4. The lowest BCUT2D eigenvalue weighted by Crippen LogP contribution is -2.23. The number of thiazole rings is 1. The van der Waals surface area contributed by atoms with E-state index >= 15 is 0 Å². The summed E-state index contributed by atoms with van der Waals surface area (Å²) in [7, 11) is -3.64. The van der Waals surface area contributed by atoms with Crippen molar-refractivity contribution in [3.05, 3.63) is 71.5 Å². The zero-order valence-electron chi connectivity index (χ0n) is 16.0. The average Bonchev–Trinajstić information content (AvgIpc) is 3.40. The van der Waals surface area contributed by atoms with Crippen molar-refractivity contribution in [2.45, 2.75) is 24.3 Å². The molecular weight excluding hydrogens is 427 g/mol. The maximum Gasteiger partial charge on any atom is 0.263 e. The summed E-state index contributed by atoms with van der Waals surface area (Å²) < 4.78 is 38.9. The third-order valence-electron chi connectivity index (χ3n) is 4.34. The highest BCUT2D eigenvalue weighted by molar-refractivity contribution is 7.93. The van der Waals surface area contributed by atoms with Gasteiger partial charge < -0.3 is 10.6 Å². The number of sulfonamides is 1. The van der Waals surface area contributed by atoms with E-state index in [0.717, 1.165) is 17.7 Å². The number of benzene rings is 2. The van der Waals surface area contributed by atoms with Gasteiger partial charge in [-0.3, -0.25) is 9.52 Å². The summed E-state index contributed by atoms with van der Waals surface area (Å²) in [6, 6.07) is 12.5. The van der Waals surface area contributed by atoms with Crippen LogP contribution in [0.15, 0.2) is 65.0 Å². The minimum absolute atomic E-state index is 0. The molecule has 4 rings (SSSR count). The molecule has 0 saturated carbocycles. The Labute approximate surface area is 181 Å². The van der Waals surface area contributed by atoms with Gasteiger partial charge in [0.25, 0.3) is 10.0 Å².